The Morgan fingerprint density at radius 1 is 0.839 bits per heavy atom. The summed E-state index contributed by atoms with van der Waals surface area (Å²) in [5, 5.41) is 0. The van der Waals surface area contributed by atoms with Gasteiger partial charge < -0.3 is 9.64 Å². The Bertz CT molecular complexity index is 809. The van der Waals surface area contributed by atoms with Crippen molar-refractivity contribution in [1.29, 1.82) is 0 Å². The molecule has 1 aliphatic heterocycles. The van der Waals surface area contributed by atoms with Crippen molar-refractivity contribution in [2.45, 2.75) is 77.7 Å². The average Bonchev–Trinajstić information content (AvgIpc) is 2.82. The van der Waals surface area contributed by atoms with Gasteiger partial charge >= 0.3 is 0 Å². The maximum atomic E-state index is 6.07. The van der Waals surface area contributed by atoms with Crippen LogP contribution in [0.3, 0.4) is 0 Å². The first-order valence-corrected chi connectivity index (χ1v) is 12.2. The summed E-state index contributed by atoms with van der Waals surface area (Å²) in [6.07, 6.45) is 21.8. The minimum atomic E-state index is 0.629. The number of anilines is 1. The number of rotatable bonds is 13. The topological polar surface area (TPSA) is 12.5 Å². The molecule has 1 heterocycles. The van der Waals surface area contributed by atoms with Gasteiger partial charge in [-0.1, -0.05) is 87.2 Å². The number of nitrogens with zero attached hydrogens (tertiary/aromatic N) is 1. The highest BCUT2D eigenvalue weighted by molar-refractivity contribution is 5.50. The van der Waals surface area contributed by atoms with Crippen molar-refractivity contribution in [3.8, 4) is 5.75 Å². The predicted molar refractivity (Wildman–Crippen MR) is 134 cm³/mol. The van der Waals surface area contributed by atoms with E-state index in [-0.39, 0.29) is 0 Å². The summed E-state index contributed by atoms with van der Waals surface area (Å²) in [6, 6.07) is 17.3. The van der Waals surface area contributed by atoms with Crippen molar-refractivity contribution in [2.24, 2.45) is 0 Å². The summed E-state index contributed by atoms with van der Waals surface area (Å²) in [5.41, 5.74) is 3.91. The lowest BCUT2D eigenvalue weighted by atomic mass is 10.0. The SMILES string of the molecule is CCC/C=C\C/C=C\CCCCCCCc1ccc2c(c1)OCN(c1ccccc1)C2. The summed E-state index contributed by atoms with van der Waals surface area (Å²) in [6.45, 7) is 3.77. The Labute approximate surface area is 189 Å². The molecule has 0 atom stereocenters. The van der Waals surface area contributed by atoms with Crippen molar-refractivity contribution in [2.75, 3.05) is 11.6 Å². The zero-order valence-corrected chi connectivity index (χ0v) is 19.3. The van der Waals surface area contributed by atoms with Gasteiger partial charge in [0.15, 0.2) is 6.73 Å². The molecule has 0 saturated carbocycles. The minimum Gasteiger partial charge on any atom is -0.473 e. The maximum Gasteiger partial charge on any atom is 0.161 e. The molecule has 0 unspecified atom stereocenters. The summed E-state index contributed by atoms with van der Waals surface area (Å²) in [4.78, 5) is 2.28. The van der Waals surface area contributed by atoms with Gasteiger partial charge in [-0.2, -0.15) is 0 Å². The van der Waals surface area contributed by atoms with Gasteiger partial charge in [-0.3, -0.25) is 0 Å². The number of benzene rings is 2. The molecule has 31 heavy (non-hydrogen) atoms. The molecule has 2 nitrogen and oxygen atoms in total. The third kappa shape index (κ3) is 8.28. The average molecular weight is 418 g/mol. The molecule has 0 aromatic heterocycles. The van der Waals surface area contributed by atoms with E-state index in [0.29, 0.717) is 6.73 Å². The lowest BCUT2D eigenvalue weighted by molar-refractivity contribution is 0.289. The van der Waals surface area contributed by atoms with Crippen molar-refractivity contribution in [3.63, 3.8) is 0 Å². The number of hydrogen-bond donors (Lipinski definition) is 0. The molecule has 2 aromatic carbocycles. The van der Waals surface area contributed by atoms with E-state index in [1.54, 1.807) is 0 Å². The fraction of sp³-hybridized carbons (Fsp3) is 0.448. The zero-order valence-electron chi connectivity index (χ0n) is 19.3. The lowest BCUT2D eigenvalue weighted by Gasteiger charge is -2.31. The normalized spacial score (nSPS) is 13.6. The third-order valence-corrected chi connectivity index (χ3v) is 5.89. The molecule has 0 amide bonds. The Kier molecular flexibility index (Phi) is 10.3. The second-order valence-electron chi connectivity index (χ2n) is 8.52. The van der Waals surface area contributed by atoms with Gasteiger partial charge in [0.2, 0.25) is 0 Å². The van der Waals surface area contributed by atoms with Gasteiger partial charge in [0, 0.05) is 17.8 Å². The molecule has 0 radical (unpaired) electrons. The maximum absolute atomic E-state index is 6.07. The van der Waals surface area contributed by atoms with E-state index in [0.717, 1.165) is 25.1 Å². The van der Waals surface area contributed by atoms with Crippen LogP contribution in [-0.4, -0.2) is 6.73 Å². The molecule has 1 aliphatic rings. The predicted octanol–water partition coefficient (Wildman–Crippen LogP) is 8.23. The van der Waals surface area contributed by atoms with E-state index in [1.165, 1.54) is 68.2 Å². The lowest BCUT2D eigenvalue weighted by Crippen LogP contribution is -2.31. The van der Waals surface area contributed by atoms with Gasteiger partial charge in [0.1, 0.15) is 5.75 Å². The molecule has 0 N–H and O–H groups in total. The fourth-order valence-electron chi connectivity index (χ4n) is 4.02. The standard InChI is InChI=1S/C29H39NO/c1-2-3-4-5-6-7-8-9-10-11-12-13-15-18-26-21-22-27-24-30(25-31-29(27)23-26)28-19-16-14-17-20-28/h4-5,7-8,14,16-17,19-23H,2-3,6,9-13,15,18,24-25H2,1H3/b5-4-,8-7-. The van der Waals surface area contributed by atoms with Crippen LogP contribution in [0.1, 0.15) is 75.8 Å². The van der Waals surface area contributed by atoms with Crippen LogP contribution in [0.25, 0.3) is 0 Å². The number of ether oxygens (including phenoxy) is 1. The van der Waals surface area contributed by atoms with E-state index in [4.69, 9.17) is 4.74 Å². The largest absolute Gasteiger partial charge is 0.473 e. The van der Waals surface area contributed by atoms with Crippen LogP contribution >= 0.6 is 0 Å². The first-order chi connectivity index (χ1) is 15.4. The van der Waals surface area contributed by atoms with Crippen molar-refractivity contribution >= 4 is 5.69 Å². The van der Waals surface area contributed by atoms with E-state index >= 15 is 0 Å². The Balaban J connectivity index is 1.28. The zero-order chi connectivity index (χ0) is 21.6. The summed E-state index contributed by atoms with van der Waals surface area (Å²) < 4.78 is 6.07. The molecule has 2 aromatic rings. The Morgan fingerprint density at radius 3 is 2.45 bits per heavy atom. The van der Waals surface area contributed by atoms with Gasteiger partial charge in [-0.25, -0.2) is 0 Å². The number of hydrogen-bond acceptors (Lipinski definition) is 2. The molecule has 2 heteroatoms. The van der Waals surface area contributed by atoms with Gasteiger partial charge in [0.25, 0.3) is 0 Å². The van der Waals surface area contributed by atoms with E-state index in [1.807, 2.05) is 0 Å². The van der Waals surface area contributed by atoms with Crippen LogP contribution in [0.15, 0.2) is 72.8 Å². The highest BCUT2D eigenvalue weighted by Crippen LogP contribution is 2.29. The molecular weight excluding hydrogens is 378 g/mol. The summed E-state index contributed by atoms with van der Waals surface area (Å²) >= 11 is 0. The first kappa shape index (κ1) is 23.2. The quantitative estimate of drug-likeness (QED) is 0.240. The summed E-state index contributed by atoms with van der Waals surface area (Å²) in [7, 11) is 0. The molecular formula is C29H39NO. The van der Waals surface area contributed by atoms with Crippen molar-refractivity contribution in [1.82, 2.24) is 0 Å². The molecule has 0 spiro atoms. The van der Waals surface area contributed by atoms with Gasteiger partial charge in [0.05, 0.1) is 0 Å². The number of para-hydroxylation sites is 1. The number of unbranched alkanes of at least 4 members (excludes halogenated alkanes) is 6. The second-order valence-corrected chi connectivity index (χ2v) is 8.52. The molecule has 0 fully saturated rings. The highest BCUT2D eigenvalue weighted by atomic mass is 16.5. The molecule has 0 aliphatic carbocycles. The van der Waals surface area contributed by atoms with Crippen LogP contribution < -0.4 is 9.64 Å². The van der Waals surface area contributed by atoms with Crippen LogP contribution in [0.5, 0.6) is 5.75 Å². The fourth-order valence-corrected chi connectivity index (χ4v) is 4.02. The van der Waals surface area contributed by atoms with E-state index in [9.17, 15) is 0 Å². The Morgan fingerprint density at radius 2 is 1.61 bits per heavy atom. The van der Waals surface area contributed by atoms with Crippen LogP contribution in [0.4, 0.5) is 5.69 Å². The highest BCUT2D eigenvalue weighted by Gasteiger charge is 2.17. The van der Waals surface area contributed by atoms with Gasteiger partial charge in [-0.15, -0.1) is 0 Å². The monoisotopic (exact) mass is 417 g/mol. The molecule has 166 valence electrons. The minimum absolute atomic E-state index is 0.629. The molecule has 3 rings (SSSR count). The molecule has 0 saturated heterocycles. The second kappa shape index (κ2) is 13.7. The van der Waals surface area contributed by atoms with Crippen molar-refractivity contribution in [3.05, 3.63) is 84.0 Å². The van der Waals surface area contributed by atoms with Gasteiger partial charge in [-0.05, 0) is 62.3 Å². The van der Waals surface area contributed by atoms with E-state index < -0.39 is 0 Å². The number of aryl methyl sites for hydroxylation is 1. The number of allylic oxidation sites excluding steroid dienone is 4. The van der Waals surface area contributed by atoms with Crippen LogP contribution in [0, 0.1) is 0 Å². The number of fused-ring (bicyclic) bond motifs is 1. The van der Waals surface area contributed by atoms with Crippen LogP contribution in [-0.2, 0) is 13.0 Å². The third-order valence-electron chi connectivity index (χ3n) is 5.89. The summed E-state index contributed by atoms with van der Waals surface area (Å²) in [5.74, 6) is 1.07. The first-order valence-electron chi connectivity index (χ1n) is 12.2. The smallest absolute Gasteiger partial charge is 0.161 e. The van der Waals surface area contributed by atoms with Crippen LogP contribution in [0.2, 0.25) is 0 Å². The van der Waals surface area contributed by atoms with E-state index in [2.05, 4.69) is 84.7 Å². The molecule has 0 bridgehead atoms. The Hall–Kier alpha value is -2.48. The van der Waals surface area contributed by atoms with Crippen molar-refractivity contribution < 1.29 is 4.74 Å².